The van der Waals surface area contributed by atoms with E-state index in [2.05, 4.69) is 4.99 Å². The molecule has 1 fully saturated rings. The van der Waals surface area contributed by atoms with Gasteiger partial charge in [0.05, 0.1) is 48.1 Å². The number of ether oxygens (including phenoxy) is 4. The summed E-state index contributed by atoms with van der Waals surface area (Å²) in [6, 6.07) is 9.60. The fraction of sp³-hybridized carbons (Fsp3) is 0.462. The Balaban J connectivity index is 1.66. The Morgan fingerprint density at radius 2 is 1.71 bits per heavy atom. The Morgan fingerprint density at radius 3 is 2.32 bits per heavy atom. The summed E-state index contributed by atoms with van der Waals surface area (Å²) in [7, 11) is -0.570. The molecule has 38 heavy (non-hydrogen) atoms. The van der Waals surface area contributed by atoms with Gasteiger partial charge in [-0.2, -0.15) is 9.30 Å². The van der Waals surface area contributed by atoms with E-state index in [0.717, 1.165) is 10.2 Å². The number of nitrogens with zero attached hydrogens (tertiary/aromatic N) is 3. The predicted octanol–water partition coefficient (Wildman–Crippen LogP) is 3.30. The van der Waals surface area contributed by atoms with Crippen LogP contribution in [0.25, 0.3) is 10.2 Å². The van der Waals surface area contributed by atoms with E-state index in [1.54, 1.807) is 14.2 Å². The Bertz CT molecular complexity index is 1450. The second kappa shape index (κ2) is 12.0. The minimum absolute atomic E-state index is 0.128. The number of carbonyl (C=O) groups is 1. The molecule has 0 radical (unpaired) electrons. The van der Waals surface area contributed by atoms with E-state index in [1.807, 2.05) is 37.5 Å². The normalized spacial score (nSPS) is 19.1. The maximum atomic E-state index is 13.2. The average Bonchev–Trinajstić information content (AvgIpc) is 3.23. The molecule has 2 heterocycles. The van der Waals surface area contributed by atoms with Gasteiger partial charge in [-0.05, 0) is 45.0 Å². The third kappa shape index (κ3) is 5.94. The minimum Gasteiger partial charge on any atom is -0.493 e. The van der Waals surface area contributed by atoms with Crippen LogP contribution in [0.3, 0.4) is 0 Å². The number of rotatable bonds is 9. The molecular weight excluding hydrogens is 530 g/mol. The van der Waals surface area contributed by atoms with Gasteiger partial charge in [-0.3, -0.25) is 4.79 Å². The number of hydrogen-bond donors (Lipinski definition) is 0. The standard InChI is InChI=1S/C26H33N3O7S2/c1-6-35-12-11-29-21-13-22(33-4)23(34-5)14-24(21)37-26(29)27-25(30)19-7-9-20(10-8-19)38(31,32)28-15-17(2)36-18(3)16-28/h7-10,13-14,17-18H,6,11-12,15-16H2,1-5H3. The lowest BCUT2D eigenvalue weighted by molar-refractivity contribution is -0.0440. The van der Waals surface area contributed by atoms with Crippen LogP contribution in [0, 0.1) is 0 Å². The maximum absolute atomic E-state index is 13.2. The molecular formula is C26H33N3O7S2. The molecule has 0 aliphatic carbocycles. The van der Waals surface area contributed by atoms with E-state index in [0.29, 0.717) is 36.1 Å². The van der Waals surface area contributed by atoms with Crippen molar-refractivity contribution in [2.24, 2.45) is 4.99 Å². The van der Waals surface area contributed by atoms with Gasteiger partial charge in [-0.1, -0.05) is 11.3 Å². The zero-order valence-corrected chi connectivity index (χ0v) is 23.8. The summed E-state index contributed by atoms with van der Waals surface area (Å²) < 4.78 is 52.6. The Morgan fingerprint density at radius 1 is 1.08 bits per heavy atom. The monoisotopic (exact) mass is 563 g/mol. The van der Waals surface area contributed by atoms with Crippen LogP contribution >= 0.6 is 11.3 Å². The highest BCUT2D eigenvalue weighted by molar-refractivity contribution is 7.89. The van der Waals surface area contributed by atoms with Crippen molar-refractivity contribution in [3.05, 3.63) is 46.8 Å². The van der Waals surface area contributed by atoms with Gasteiger partial charge in [0, 0.05) is 43.9 Å². The van der Waals surface area contributed by atoms with Crippen LogP contribution in [0.1, 0.15) is 31.1 Å². The first-order valence-electron chi connectivity index (χ1n) is 12.4. The van der Waals surface area contributed by atoms with Crippen molar-refractivity contribution in [1.29, 1.82) is 0 Å². The van der Waals surface area contributed by atoms with Gasteiger partial charge >= 0.3 is 0 Å². The number of morpholine rings is 1. The van der Waals surface area contributed by atoms with Gasteiger partial charge in [0.15, 0.2) is 16.3 Å². The molecule has 2 aromatic carbocycles. The fourth-order valence-corrected chi connectivity index (χ4v) is 7.05. The van der Waals surface area contributed by atoms with E-state index in [1.165, 1.54) is 39.9 Å². The molecule has 206 valence electrons. The smallest absolute Gasteiger partial charge is 0.279 e. The number of aromatic nitrogens is 1. The second-order valence-corrected chi connectivity index (χ2v) is 11.9. The highest BCUT2D eigenvalue weighted by Crippen LogP contribution is 2.33. The van der Waals surface area contributed by atoms with Crippen molar-refractivity contribution >= 4 is 37.5 Å². The highest BCUT2D eigenvalue weighted by Gasteiger charge is 2.32. The number of sulfonamides is 1. The van der Waals surface area contributed by atoms with Crippen LogP contribution < -0.4 is 14.3 Å². The Labute approximate surface area is 226 Å². The van der Waals surface area contributed by atoms with Crippen LogP contribution in [0.4, 0.5) is 0 Å². The van der Waals surface area contributed by atoms with Crippen LogP contribution in [-0.2, 0) is 26.0 Å². The zero-order valence-electron chi connectivity index (χ0n) is 22.2. The molecule has 0 saturated carbocycles. The third-order valence-corrected chi connectivity index (χ3v) is 9.06. The molecule has 0 spiro atoms. The largest absolute Gasteiger partial charge is 0.493 e. The van der Waals surface area contributed by atoms with Crippen LogP contribution in [0.2, 0.25) is 0 Å². The number of fused-ring (bicyclic) bond motifs is 1. The lowest BCUT2D eigenvalue weighted by Gasteiger charge is -2.34. The number of thiazole rings is 1. The van der Waals surface area contributed by atoms with Crippen molar-refractivity contribution in [3.63, 3.8) is 0 Å². The summed E-state index contributed by atoms with van der Waals surface area (Å²) in [5.74, 6) is 0.678. The van der Waals surface area contributed by atoms with Crippen LogP contribution in [0.15, 0.2) is 46.3 Å². The van der Waals surface area contributed by atoms with Gasteiger partial charge < -0.3 is 23.5 Å². The molecule has 10 nitrogen and oxygen atoms in total. The molecule has 2 unspecified atom stereocenters. The second-order valence-electron chi connectivity index (χ2n) is 8.93. The molecule has 1 amide bonds. The van der Waals surface area contributed by atoms with Crippen molar-refractivity contribution in [3.8, 4) is 11.5 Å². The molecule has 1 aliphatic heterocycles. The van der Waals surface area contributed by atoms with E-state index >= 15 is 0 Å². The maximum Gasteiger partial charge on any atom is 0.279 e. The van der Waals surface area contributed by atoms with Crippen molar-refractivity contribution in [2.75, 3.05) is 40.5 Å². The number of methoxy groups -OCH3 is 2. The van der Waals surface area contributed by atoms with Gasteiger partial charge in [0.25, 0.3) is 5.91 Å². The first-order chi connectivity index (χ1) is 18.2. The first kappa shape index (κ1) is 28.2. The molecule has 2 atom stereocenters. The molecule has 1 aliphatic rings. The Hall–Kier alpha value is -2.77. The number of benzene rings is 2. The van der Waals surface area contributed by atoms with Gasteiger partial charge in [0.2, 0.25) is 10.0 Å². The SMILES string of the molecule is CCOCCn1c(=NC(=O)c2ccc(S(=O)(=O)N3CC(C)OC(C)C3)cc2)sc2cc(OC)c(OC)cc21. The van der Waals surface area contributed by atoms with Crippen molar-refractivity contribution < 1.29 is 32.2 Å². The van der Waals surface area contributed by atoms with Gasteiger partial charge in [-0.15, -0.1) is 0 Å². The third-order valence-electron chi connectivity index (χ3n) is 6.17. The van der Waals surface area contributed by atoms with Gasteiger partial charge in [0.1, 0.15) is 0 Å². The first-order valence-corrected chi connectivity index (χ1v) is 14.6. The number of hydrogen-bond acceptors (Lipinski definition) is 8. The van der Waals surface area contributed by atoms with Crippen molar-refractivity contribution in [2.45, 2.75) is 44.4 Å². The summed E-state index contributed by atoms with van der Waals surface area (Å²) in [6.45, 7) is 7.70. The van der Waals surface area contributed by atoms with E-state index < -0.39 is 15.9 Å². The Kier molecular flexibility index (Phi) is 8.89. The van der Waals surface area contributed by atoms with Crippen LogP contribution in [-0.4, -0.2) is 75.9 Å². The lowest BCUT2D eigenvalue weighted by atomic mass is 10.2. The van der Waals surface area contributed by atoms with E-state index in [-0.39, 0.29) is 35.8 Å². The van der Waals surface area contributed by atoms with E-state index in [9.17, 15) is 13.2 Å². The summed E-state index contributed by atoms with van der Waals surface area (Å²) in [4.78, 5) is 18.1. The summed E-state index contributed by atoms with van der Waals surface area (Å²) in [5.41, 5.74) is 1.13. The highest BCUT2D eigenvalue weighted by atomic mass is 32.2. The fourth-order valence-electron chi connectivity index (χ4n) is 4.40. The van der Waals surface area contributed by atoms with E-state index in [4.69, 9.17) is 18.9 Å². The molecule has 3 aromatic rings. The summed E-state index contributed by atoms with van der Waals surface area (Å²) >= 11 is 1.35. The molecule has 0 N–H and O–H groups in total. The predicted molar refractivity (Wildman–Crippen MR) is 145 cm³/mol. The molecule has 1 aromatic heterocycles. The summed E-state index contributed by atoms with van der Waals surface area (Å²) in [6.07, 6.45) is -0.382. The lowest BCUT2D eigenvalue weighted by Crippen LogP contribution is -2.48. The molecule has 1 saturated heterocycles. The summed E-state index contributed by atoms with van der Waals surface area (Å²) in [5, 5.41) is 0. The average molecular weight is 564 g/mol. The number of carbonyl (C=O) groups excluding carboxylic acids is 1. The minimum atomic E-state index is -3.71. The van der Waals surface area contributed by atoms with Crippen LogP contribution in [0.5, 0.6) is 11.5 Å². The topological polar surface area (TPSA) is 109 Å². The van der Waals surface area contributed by atoms with Crippen molar-refractivity contribution in [1.82, 2.24) is 8.87 Å². The molecule has 0 bridgehead atoms. The van der Waals surface area contributed by atoms with Gasteiger partial charge in [-0.25, -0.2) is 8.42 Å². The quantitative estimate of drug-likeness (QED) is 0.368. The molecule has 12 heteroatoms. The number of amides is 1. The molecule has 4 rings (SSSR count). The zero-order chi connectivity index (χ0) is 27.4.